The van der Waals surface area contributed by atoms with Crippen LogP contribution in [0.3, 0.4) is 0 Å². The molecule has 5 N–H and O–H groups in total. The van der Waals surface area contributed by atoms with Gasteiger partial charge < -0.3 is 40.3 Å². The van der Waals surface area contributed by atoms with E-state index in [4.69, 9.17) is 29.4 Å². The van der Waals surface area contributed by atoms with E-state index in [-0.39, 0.29) is 47.2 Å². The van der Waals surface area contributed by atoms with Crippen LogP contribution >= 0.6 is 0 Å². The van der Waals surface area contributed by atoms with Gasteiger partial charge in [0, 0.05) is 42.0 Å². The molecule has 4 amide bonds. The van der Waals surface area contributed by atoms with Gasteiger partial charge in [0.1, 0.15) is 23.7 Å². The van der Waals surface area contributed by atoms with E-state index in [0.717, 1.165) is 79.8 Å². The highest BCUT2D eigenvalue weighted by Crippen LogP contribution is 2.80. The fourth-order valence-electron chi connectivity index (χ4n) is 10.7. The van der Waals surface area contributed by atoms with Crippen molar-refractivity contribution in [1.29, 1.82) is 0 Å². The Bertz CT molecular complexity index is 2870. The van der Waals surface area contributed by atoms with Crippen LogP contribution < -0.4 is 16.0 Å². The number of ether oxygens (including phenoxy) is 2. The Balaban J connectivity index is 0.811. The van der Waals surface area contributed by atoms with E-state index in [1.165, 1.54) is 14.2 Å². The lowest BCUT2D eigenvalue weighted by Gasteiger charge is -2.32. The Morgan fingerprint density at radius 3 is 1.92 bits per heavy atom. The summed E-state index contributed by atoms with van der Waals surface area (Å²) < 4.78 is 9.55. The second kappa shape index (κ2) is 15.3. The molecule has 4 aromatic heterocycles. The zero-order chi connectivity index (χ0) is 44.9. The average Bonchev–Trinajstić information content (AvgIpc) is 3.98. The predicted molar refractivity (Wildman–Crippen MR) is 239 cm³/mol. The van der Waals surface area contributed by atoms with Crippen LogP contribution in [0.15, 0.2) is 60.9 Å². The molecule has 332 valence electrons. The number of benzene rings is 2. The third kappa shape index (κ3) is 6.97. The van der Waals surface area contributed by atoms with Crippen LogP contribution in [0, 0.1) is 40.9 Å². The molecule has 1 unspecified atom stereocenters. The predicted octanol–water partition coefficient (Wildman–Crippen LogP) is 6.68. The van der Waals surface area contributed by atoms with Crippen LogP contribution in [0.25, 0.3) is 55.4 Å². The van der Waals surface area contributed by atoms with Gasteiger partial charge >= 0.3 is 12.2 Å². The minimum Gasteiger partial charge on any atom is -0.453 e. The van der Waals surface area contributed by atoms with Gasteiger partial charge in [-0.25, -0.2) is 19.6 Å². The molecule has 0 spiro atoms. The molecular formula is C48H54N10O6. The molecule has 0 radical (unpaired) electrons. The molecule has 10 atom stereocenters. The molecule has 4 aliphatic rings. The summed E-state index contributed by atoms with van der Waals surface area (Å²) in [7, 11) is 2.59. The zero-order valence-electron chi connectivity index (χ0n) is 37.2. The molecule has 10 rings (SSSR count). The highest BCUT2D eigenvalue weighted by Gasteiger charge is 2.83. The second-order valence-corrected chi connectivity index (χ2v) is 19.2. The second-order valence-electron chi connectivity index (χ2n) is 19.2. The van der Waals surface area contributed by atoms with Crippen LogP contribution in [-0.4, -0.2) is 97.2 Å². The van der Waals surface area contributed by atoms with E-state index in [0.29, 0.717) is 23.7 Å². The van der Waals surface area contributed by atoms with Crippen LogP contribution in [0.5, 0.6) is 0 Å². The summed E-state index contributed by atoms with van der Waals surface area (Å²) in [6.45, 7) is 12.0. The normalized spacial score (nSPS) is 26.1. The van der Waals surface area contributed by atoms with Crippen molar-refractivity contribution in [3.8, 4) is 22.3 Å². The average molecular weight is 867 g/mol. The number of pyridine rings is 2. The van der Waals surface area contributed by atoms with Crippen molar-refractivity contribution in [1.82, 2.24) is 50.8 Å². The summed E-state index contributed by atoms with van der Waals surface area (Å²) in [5.74, 6) is 2.78. The number of piperidine rings is 1. The Morgan fingerprint density at radius 1 is 0.781 bits per heavy atom. The number of amides is 4. The number of carbonyl (C=O) groups excluding carboxylic acids is 4. The van der Waals surface area contributed by atoms with E-state index in [9.17, 15) is 19.2 Å². The fraction of sp³-hybridized carbons (Fsp3) is 0.458. The van der Waals surface area contributed by atoms with Gasteiger partial charge in [-0.2, -0.15) is 0 Å². The van der Waals surface area contributed by atoms with Gasteiger partial charge in [0.2, 0.25) is 11.8 Å². The number of methoxy groups -OCH3 is 2. The standard InChI is InChI=1S/C48H54N10O6/c1-21(2)39(55-46(61)63-7)44(59)57-42-38-29(48(38,42)6)18-37-51-30-11-9-24(13-34(30)52-37)26-15-32-33(49-19-26)16-27(20-50-32)25-10-12-31-35(14-25)54-43(53-31)36-17-28-23(5)41(28)58(36)45(60)40(22(3)4)56-47(62)64-8/h9-16,19-23,28-29,36,38-42H,17-18H2,1-8H3,(H,51,52)(H,53,54)(H,55,61)(H,56,62)(H,57,59)/t23-,28+,29?,36+,38-,39+,40+,41-,42+,48-/m1/s1. The summed E-state index contributed by atoms with van der Waals surface area (Å²) >= 11 is 0. The number of nitrogens with one attached hydrogen (secondary N) is 5. The maximum absolute atomic E-state index is 14.0. The van der Waals surface area contributed by atoms with Crippen molar-refractivity contribution in [2.75, 3.05) is 14.2 Å². The molecule has 6 aromatic rings. The summed E-state index contributed by atoms with van der Waals surface area (Å²) in [6, 6.07) is 15.0. The highest BCUT2D eigenvalue weighted by molar-refractivity contribution is 5.90. The lowest BCUT2D eigenvalue weighted by atomic mass is 9.98. The first kappa shape index (κ1) is 41.4. The number of aromatic nitrogens is 6. The van der Waals surface area contributed by atoms with Crippen molar-refractivity contribution in [2.45, 2.75) is 84.6 Å². The molecule has 3 saturated carbocycles. The molecule has 0 bridgehead atoms. The molecule has 16 heteroatoms. The lowest BCUT2D eigenvalue weighted by molar-refractivity contribution is -0.137. The van der Waals surface area contributed by atoms with Crippen molar-refractivity contribution in [2.24, 2.45) is 40.9 Å². The molecule has 2 aromatic carbocycles. The van der Waals surface area contributed by atoms with Crippen LogP contribution in [-0.2, 0) is 25.5 Å². The number of alkyl carbamates (subject to hydrolysis) is 2. The van der Waals surface area contributed by atoms with Crippen LogP contribution in [0.1, 0.15) is 65.7 Å². The van der Waals surface area contributed by atoms with E-state index < -0.39 is 24.3 Å². The maximum Gasteiger partial charge on any atom is 0.407 e. The van der Waals surface area contributed by atoms with Crippen molar-refractivity contribution >= 4 is 57.1 Å². The smallest absolute Gasteiger partial charge is 0.407 e. The van der Waals surface area contributed by atoms with Crippen LogP contribution in [0.4, 0.5) is 9.59 Å². The highest BCUT2D eigenvalue weighted by atomic mass is 16.5. The Hall–Kier alpha value is -6.58. The summed E-state index contributed by atoms with van der Waals surface area (Å²) in [6.07, 6.45) is 4.11. The topological polar surface area (TPSA) is 209 Å². The first-order valence-electron chi connectivity index (χ1n) is 22.2. The first-order chi connectivity index (χ1) is 30.7. The Kier molecular flexibility index (Phi) is 9.91. The summed E-state index contributed by atoms with van der Waals surface area (Å²) in [5, 5.41) is 8.56. The number of hydrogen-bond acceptors (Lipinski definition) is 10. The maximum atomic E-state index is 14.0. The van der Waals surface area contributed by atoms with Gasteiger partial charge in [-0.1, -0.05) is 53.7 Å². The first-order valence-corrected chi connectivity index (χ1v) is 22.2. The van der Waals surface area contributed by atoms with Crippen molar-refractivity contribution in [3.63, 3.8) is 0 Å². The minimum absolute atomic E-state index is 0.0241. The molecule has 5 heterocycles. The van der Waals surface area contributed by atoms with Crippen molar-refractivity contribution < 1.29 is 28.7 Å². The van der Waals surface area contributed by atoms with Gasteiger partial charge in [0.15, 0.2) is 0 Å². The number of hydrogen-bond donors (Lipinski definition) is 5. The molecule has 1 aliphatic heterocycles. The fourth-order valence-corrected chi connectivity index (χ4v) is 10.7. The zero-order valence-corrected chi connectivity index (χ0v) is 37.2. The number of carbonyl (C=O) groups is 4. The third-order valence-electron chi connectivity index (χ3n) is 14.7. The Morgan fingerprint density at radius 2 is 1.34 bits per heavy atom. The van der Waals surface area contributed by atoms with E-state index in [2.05, 4.69) is 64.0 Å². The molecule has 4 fully saturated rings. The number of nitrogens with zero attached hydrogens (tertiary/aromatic N) is 5. The number of H-pyrrole nitrogens is 2. The quantitative estimate of drug-likeness (QED) is 0.0882. The molecule has 1 saturated heterocycles. The molecule has 16 nitrogen and oxygen atoms in total. The molecule has 64 heavy (non-hydrogen) atoms. The van der Waals surface area contributed by atoms with Gasteiger partial charge in [-0.15, -0.1) is 0 Å². The van der Waals surface area contributed by atoms with Gasteiger partial charge in [-0.05, 0) is 94.9 Å². The number of imidazole rings is 2. The molecular weight excluding hydrogens is 813 g/mol. The minimum atomic E-state index is -0.702. The van der Waals surface area contributed by atoms with E-state index >= 15 is 0 Å². The van der Waals surface area contributed by atoms with Gasteiger partial charge in [0.05, 0.1) is 53.4 Å². The SMILES string of the molecule is COC(=O)N[C@H](C(=O)N[C@H]1[C@H]2C(Cc3nc4ccc(-c5cnc6cc(-c7ccc8nc([C@@H]9C[C@H]%10[C@@H](C)[C@H]%10N9C(=O)[C@@H](NC(=O)OC)C(C)C)[nH]c8c7)cnc6c5)cc4[nH]3)[C@]21C)C(C)C. The number of aromatic amines is 2. The van der Waals surface area contributed by atoms with Crippen molar-refractivity contribution in [3.05, 3.63) is 72.6 Å². The van der Waals surface area contributed by atoms with Gasteiger partial charge in [-0.3, -0.25) is 19.6 Å². The number of fused-ring (bicyclic) bond motifs is 5. The van der Waals surface area contributed by atoms with Gasteiger partial charge in [0.25, 0.3) is 0 Å². The van der Waals surface area contributed by atoms with Crippen LogP contribution in [0.2, 0.25) is 0 Å². The largest absolute Gasteiger partial charge is 0.453 e. The lowest BCUT2D eigenvalue weighted by Crippen LogP contribution is -2.52. The summed E-state index contributed by atoms with van der Waals surface area (Å²) in [5.41, 5.74) is 8.92. The summed E-state index contributed by atoms with van der Waals surface area (Å²) in [4.78, 5) is 79.5. The Labute approximate surface area is 370 Å². The van der Waals surface area contributed by atoms with E-state index in [1.54, 1.807) is 0 Å². The molecule has 3 aliphatic carbocycles. The monoisotopic (exact) mass is 866 g/mol. The third-order valence-corrected chi connectivity index (χ3v) is 14.7. The number of rotatable bonds is 12. The van der Waals surface area contributed by atoms with E-state index in [1.807, 2.05) is 69.3 Å². The number of likely N-dealkylation sites (tertiary alicyclic amines) is 1.